The zero-order valence-corrected chi connectivity index (χ0v) is 44.0. The van der Waals surface area contributed by atoms with Crippen LogP contribution < -0.4 is 65.5 Å². The number of aliphatic hydroxyl groups excluding tert-OH is 1. The van der Waals surface area contributed by atoms with Crippen LogP contribution in [0.15, 0.2) is 54.6 Å². The highest BCUT2D eigenvalue weighted by atomic mass is 16.3. The fraction of sp³-hybridized carbons (Fsp3) is 0.549. The Labute approximate surface area is 442 Å². The van der Waals surface area contributed by atoms with E-state index < -0.39 is 125 Å². The van der Waals surface area contributed by atoms with Crippen LogP contribution in [0.1, 0.15) is 104 Å². The highest BCUT2D eigenvalue weighted by Gasteiger charge is 2.36. The van der Waals surface area contributed by atoms with Crippen molar-refractivity contribution in [1.82, 2.24) is 42.5 Å². The van der Waals surface area contributed by atoms with E-state index in [0.717, 1.165) is 0 Å². The molecule has 420 valence electrons. The van der Waals surface area contributed by atoms with Gasteiger partial charge in [0.1, 0.15) is 54.1 Å². The van der Waals surface area contributed by atoms with Gasteiger partial charge in [0.15, 0.2) is 0 Å². The first kappa shape index (κ1) is 64.4. The zero-order chi connectivity index (χ0) is 57.2. The summed E-state index contributed by atoms with van der Waals surface area (Å²) in [5.74, 6) is -10.2. The van der Waals surface area contributed by atoms with Crippen molar-refractivity contribution < 1.29 is 63.0 Å². The Morgan fingerprint density at radius 2 is 0.908 bits per heavy atom. The minimum absolute atomic E-state index is 0.00853. The van der Waals surface area contributed by atoms with Gasteiger partial charge in [-0.1, -0.05) is 70.2 Å². The summed E-state index contributed by atoms with van der Waals surface area (Å²) in [6, 6.07) is 3.20. The Kier molecular flexibility index (Phi) is 27.6. The topological polar surface area (TPSA) is 429 Å². The molecule has 0 radical (unpaired) electrons. The third kappa shape index (κ3) is 23.7. The van der Waals surface area contributed by atoms with Crippen LogP contribution in [-0.4, -0.2) is 136 Å². The van der Waals surface area contributed by atoms with Crippen molar-refractivity contribution in [2.75, 3.05) is 6.54 Å². The number of hydrogen-bond donors (Lipinski definition) is 14. The Bertz CT molecular complexity index is 2300. The molecular formula is C51H78N12O13. The summed E-state index contributed by atoms with van der Waals surface area (Å²) in [5, 5.41) is 40.9. The SMILES string of the molecule is CC(=O)N[C@@H](Cc1ccc(O)cc1)C(=O)N[C@H](C(=O)N[C@@H](CCCCN)C(=O)N[C@@H](CC(C)C)C(=O)N[C@H](C(=O)N[C@@H](Cc1ccccc1)C(=O)N[C@@H](CCC(N)=O)C(=O)N[C@@H](CCC(N)=O)C(N)=O)C(C)C)[C@@H](C)O. The average Bonchev–Trinajstić information content (AvgIpc) is 3.33. The van der Waals surface area contributed by atoms with Gasteiger partial charge in [0.25, 0.3) is 0 Å². The first-order valence-corrected chi connectivity index (χ1v) is 25.2. The number of phenols is 1. The first-order valence-electron chi connectivity index (χ1n) is 25.2. The number of carbonyl (C=O) groups is 11. The number of nitrogens with one attached hydrogen (secondary N) is 8. The molecule has 0 aliphatic rings. The average molecular weight is 1070 g/mol. The molecule has 0 aromatic heterocycles. The van der Waals surface area contributed by atoms with Crippen molar-refractivity contribution in [3.8, 4) is 5.75 Å². The van der Waals surface area contributed by atoms with Gasteiger partial charge in [0.2, 0.25) is 65.0 Å². The minimum atomic E-state index is -1.63. The molecule has 0 saturated carbocycles. The van der Waals surface area contributed by atoms with E-state index in [1.807, 2.05) is 0 Å². The van der Waals surface area contributed by atoms with E-state index in [4.69, 9.17) is 22.9 Å². The summed E-state index contributed by atoms with van der Waals surface area (Å²) in [7, 11) is 0. The van der Waals surface area contributed by atoms with Crippen LogP contribution >= 0.6 is 0 Å². The van der Waals surface area contributed by atoms with Gasteiger partial charge < -0.3 is 75.7 Å². The molecule has 0 saturated heterocycles. The van der Waals surface area contributed by atoms with Gasteiger partial charge >= 0.3 is 0 Å². The number of aromatic hydroxyl groups is 1. The van der Waals surface area contributed by atoms with Crippen molar-refractivity contribution in [3.63, 3.8) is 0 Å². The summed E-state index contributed by atoms with van der Waals surface area (Å²) in [4.78, 5) is 145. The largest absolute Gasteiger partial charge is 0.508 e. The van der Waals surface area contributed by atoms with E-state index in [0.29, 0.717) is 24.0 Å². The number of carbonyl (C=O) groups excluding carboxylic acids is 11. The fourth-order valence-electron chi connectivity index (χ4n) is 7.76. The van der Waals surface area contributed by atoms with E-state index in [1.54, 1.807) is 70.2 Å². The molecule has 25 nitrogen and oxygen atoms in total. The van der Waals surface area contributed by atoms with Crippen LogP contribution in [0, 0.1) is 11.8 Å². The predicted octanol–water partition coefficient (Wildman–Crippen LogP) is -2.70. The molecule has 0 aliphatic heterocycles. The molecule has 0 unspecified atom stereocenters. The lowest BCUT2D eigenvalue weighted by molar-refractivity contribution is -0.137. The molecule has 2 rings (SSSR count). The van der Waals surface area contributed by atoms with Gasteiger partial charge in [0.05, 0.1) is 6.10 Å². The summed E-state index contributed by atoms with van der Waals surface area (Å²) in [6.07, 6.45) is -2.18. The standard InChI is InChI=1S/C51H78N12O13/c1-27(2)24-37(60-45(70)35(14-10-11-23-52)59-51(76)43(29(5)64)63-49(74)38(56-30(6)65)26-32-15-17-33(66)18-16-32)48(73)62-42(28(3)4)50(75)61-39(25-31-12-8-7-9-13-31)47(72)58-36(20-22-41(54)68)46(71)57-34(44(55)69)19-21-40(53)67/h7-9,12-13,15-18,27-29,34-39,42-43,64,66H,10-11,14,19-26,52H2,1-6H3,(H2,53,67)(H2,54,68)(H2,55,69)(H,56,65)(H,57,71)(H,58,72)(H,59,76)(H,60,70)(H,61,75)(H,62,73)(H,63,74)/t29-,34+,35+,36+,37+,38+,39+,42+,43+/m1/s1. The molecule has 2 aromatic rings. The number of aliphatic hydroxyl groups is 1. The monoisotopic (exact) mass is 1070 g/mol. The quantitative estimate of drug-likeness (QED) is 0.0318. The van der Waals surface area contributed by atoms with E-state index in [-0.39, 0.29) is 69.6 Å². The molecule has 11 amide bonds. The van der Waals surface area contributed by atoms with Crippen LogP contribution in [0.25, 0.3) is 0 Å². The van der Waals surface area contributed by atoms with Gasteiger partial charge in [-0.15, -0.1) is 0 Å². The summed E-state index contributed by atoms with van der Waals surface area (Å²) >= 11 is 0. The second-order valence-electron chi connectivity index (χ2n) is 19.4. The van der Waals surface area contributed by atoms with Crippen molar-refractivity contribution in [3.05, 3.63) is 65.7 Å². The highest BCUT2D eigenvalue weighted by Crippen LogP contribution is 2.15. The lowest BCUT2D eigenvalue weighted by atomic mass is 9.98. The lowest BCUT2D eigenvalue weighted by Crippen LogP contribution is -2.62. The second-order valence-corrected chi connectivity index (χ2v) is 19.4. The fourth-order valence-corrected chi connectivity index (χ4v) is 7.76. The smallest absolute Gasteiger partial charge is 0.245 e. The predicted molar refractivity (Wildman–Crippen MR) is 278 cm³/mol. The van der Waals surface area contributed by atoms with Gasteiger partial charge in [-0.3, -0.25) is 52.7 Å². The number of nitrogens with two attached hydrogens (primary N) is 4. The van der Waals surface area contributed by atoms with Gasteiger partial charge in [-0.05, 0) is 87.1 Å². The Morgan fingerprint density at radius 1 is 0.487 bits per heavy atom. The van der Waals surface area contributed by atoms with Crippen LogP contribution in [0.3, 0.4) is 0 Å². The summed E-state index contributed by atoms with van der Waals surface area (Å²) < 4.78 is 0. The molecule has 0 heterocycles. The number of benzene rings is 2. The van der Waals surface area contributed by atoms with Gasteiger partial charge in [-0.2, -0.15) is 0 Å². The van der Waals surface area contributed by atoms with E-state index in [9.17, 15) is 63.0 Å². The number of amides is 11. The van der Waals surface area contributed by atoms with E-state index in [2.05, 4.69) is 42.5 Å². The van der Waals surface area contributed by atoms with Crippen LogP contribution in [0.5, 0.6) is 5.75 Å². The zero-order valence-electron chi connectivity index (χ0n) is 44.0. The first-order chi connectivity index (χ1) is 35.7. The van der Waals surface area contributed by atoms with Gasteiger partial charge in [-0.25, -0.2) is 0 Å². The Morgan fingerprint density at radius 3 is 1.41 bits per heavy atom. The Hall–Kier alpha value is -7.67. The third-order valence-corrected chi connectivity index (χ3v) is 11.9. The number of hydrogen-bond acceptors (Lipinski definition) is 14. The third-order valence-electron chi connectivity index (χ3n) is 11.9. The molecule has 0 spiro atoms. The number of primary amides is 3. The van der Waals surface area contributed by atoms with Crippen molar-refractivity contribution >= 4 is 65.0 Å². The highest BCUT2D eigenvalue weighted by molar-refractivity contribution is 5.98. The molecule has 0 aliphatic carbocycles. The van der Waals surface area contributed by atoms with E-state index in [1.165, 1.54) is 26.0 Å². The van der Waals surface area contributed by atoms with Crippen LogP contribution in [-0.2, 0) is 65.6 Å². The minimum Gasteiger partial charge on any atom is -0.508 e. The molecule has 0 bridgehead atoms. The maximum Gasteiger partial charge on any atom is 0.245 e. The van der Waals surface area contributed by atoms with Crippen LogP contribution in [0.4, 0.5) is 0 Å². The maximum absolute atomic E-state index is 14.3. The van der Waals surface area contributed by atoms with E-state index >= 15 is 0 Å². The van der Waals surface area contributed by atoms with Crippen molar-refractivity contribution in [2.24, 2.45) is 34.8 Å². The summed E-state index contributed by atoms with van der Waals surface area (Å²) in [5.41, 5.74) is 22.9. The molecule has 18 N–H and O–H groups in total. The second kappa shape index (κ2) is 32.6. The molecule has 25 heteroatoms. The van der Waals surface area contributed by atoms with Crippen LogP contribution in [0.2, 0.25) is 0 Å². The number of phenolic OH excluding ortho intramolecular Hbond substituents is 1. The number of rotatable bonds is 34. The summed E-state index contributed by atoms with van der Waals surface area (Å²) in [6.45, 7) is 9.48. The molecule has 2 aromatic carbocycles. The maximum atomic E-state index is 14.3. The molecular weight excluding hydrogens is 989 g/mol. The Balaban J connectivity index is 2.42. The van der Waals surface area contributed by atoms with Gasteiger partial charge in [0, 0.05) is 32.6 Å². The molecule has 76 heavy (non-hydrogen) atoms. The normalized spacial score (nSPS) is 14.7. The molecule has 9 atom stereocenters. The van der Waals surface area contributed by atoms with Crippen molar-refractivity contribution in [1.29, 1.82) is 0 Å². The molecule has 0 fully saturated rings. The number of unbranched alkanes of at least 4 members (excludes halogenated alkanes) is 1. The lowest BCUT2D eigenvalue weighted by Gasteiger charge is -2.30. The van der Waals surface area contributed by atoms with Crippen molar-refractivity contribution in [2.45, 2.75) is 160 Å².